The number of hydrogen-bond donors (Lipinski definition) is 1. The molecule has 1 N–H and O–H groups in total. The van der Waals surface area contributed by atoms with E-state index < -0.39 is 5.82 Å². The van der Waals surface area contributed by atoms with Crippen molar-refractivity contribution in [3.8, 4) is 17.2 Å². The maximum Gasteiger partial charge on any atom is 0.327 e. The van der Waals surface area contributed by atoms with Gasteiger partial charge in [-0.3, -0.25) is 9.55 Å². The van der Waals surface area contributed by atoms with Gasteiger partial charge in [-0.1, -0.05) is 31.5 Å². The topological polar surface area (TPSA) is 74.5 Å². The van der Waals surface area contributed by atoms with Gasteiger partial charge in [-0.25, -0.2) is 14.2 Å². The molecule has 0 amide bonds. The Hall–Kier alpha value is -2.65. The summed E-state index contributed by atoms with van der Waals surface area (Å²) in [6, 6.07) is 6.05. The second-order valence-electron chi connectivity index (χ2n) is 5.76. The average molecular weight is 359 g/mol. The number of halogens is 2. The number of aromatic amines is 1. The highest BCUT2D eigenvalue weighted by Crippen LogP contribution is 2.35. The number of benzene rings is 1. The SMILES string of the molecule is CCC(CC)n1c(=O)[nH]c2ncc(Cl)c(-c3ccc(C#N)c(F)c3)c21. The zero-order valence-corrected chi connectivity index (χ0v) is 14.6. The molecule has 0 saturated carbocycles. The van der Waals surface area contributed by atoms with Crippen LogP contribution in [0.3, 0.4) is 0 Å². The summed E-state index contributed by atoms with van der Waals surface area (Å²) in [5.41, 5.74) is 1.66. The molecule has 0 unspecified atom stereocenters. The molecule has 2 heterocycles. The van der Waals surface area contributed by atoms with Gasteiger partial charge in [-0.05, 0) is 30.5 Å². The van der Waals surface area contributed by atoms with Crippen molar-refractivity contribution >= 4 is 22.8 Å². The van der Waals surface area contributed by atoms with Crippen molar-refractivity contribution in [2.75, 3.05) is 0 Å². The summed E-state index contributed by atoms with van der Waals surface area (Å²) in [5, 5.41) is 9.23. The minimum absolute atomic E-state index is 0.0245. The summed E-state index contributed by atoms with van der Waals surface area (Å²) >= 11 is 6.36. The lowest BCUT2D eigenvalue weighted by molar-refractivity contribution is 0.472. The summed E-state index contributed by atoms with van der Waals surface area (Å²) in [7, 11) is 0. The Balaban J connectivity index is 2.39. The third kappa shape index (κ3) is 2.81. The van der Waals surface area contributed by atoms with Gasteiger partial charge in [0.05, 0.1) is 16.1 Å². The van der Waals surface area contributed by atoms with E-state index in [1.54, 1.807) is 16.7 Å². The van der Waals surface area contributed by atoms with Crippen molar-refractivity contribution in [3.05, 3.63) is 51.3 Å². The number of rotatable bonds is 4. The summed E-state index contributed by atoms with van der Waals surface area (Å²) < 4.78 is 15.7. The standard InChI is InChI=1S/C18H16ClFN4O/c1-3-12(4-2)24-16-15(10-5-6-11(8-21)14(20)7-10)13(19)9-22-17(16)23-18(24)25/h5-7,9,12H,3-4H2,1-2H3,(H,22,23,25). The molecule has 0 spiro atoms. The summed E-state index contributed by atoms with van der Waals surface area (Å²) in [4.78, 5) is 19.4. The lowest BCUT2D eigenvalue weighted by Crippen LogP contribution is -2.21. The van der Waals surface area contributed by atoms with Crippen LogP contribution >= 0.6 is 11.6 Å². The molecule has 1 aromatic carbocycles. The second-order valence-corrected chi connectivity index (χ2v) is 6.16. The minimum atomic E-state index is -0.631. The van der Waals surface area contributed by atoms with Crippen LogP contribution < -0.4 is 5.69 Å². The van der Waals surface area contributed by atoms with E-state index in [1.165, 1.54) is 18.3 Å². The van der Waals surface area contributed by atoms with Crippen LogP contribution in [-0.4, -0.2) is 14.5 Å². The highest BCUT2D eigenvalue weighted by molar-refractivity contribution is 6.34. The van der Waals surface area contributed by atoms with Crippen LogP contribution in [0.2, 0.25) is 5.02 Å². The van der Waals surface area contributed by atoms with E-state index >= 15 is 0 Å². The predicted molar refractivity (Wildman–Crippen MR) is 95.1 cm³/mol. The molecule has 7 heteroatoms. The van der Waals surface area contributed by atoms with Crippen LogP contribution in [0.1, 0.15) is 38.3 Å². The molecule has 25 heavy (non-hydrogen) atoms. The normalized spacial score (nSPS) is 11.2. The van der Waals surface area contributed by atoms with Crippen molar-refractivity contribution in [1.29, 1.82) is 5.26 Å². The minimum Gasteiger partial charge on any atom is -0.290 e. The number of fused-ring (bicyclic) bond motifs is 1. The number of aromatic nitrogens is 3. The van der Waals surface area contributed by atoms with E-state index in [2.05, 4.69) is 9.97 Å². The molecular weight excluding hydrogens is 343 g/mol. The fourth-order valence-corrected chi connectivity index (χ4v) is 3.35. The Bertz CT molecular complexity index is 1040. The maximum atomic E-state index is 14.1. The Kier molecular flexibility index (Phi) is 4.60. The molecule has 0 bridgehead atoms. The Morgan fingerprint density at radius 2 is 2.12 bits per heavy atom. The highest BCUT2D eigenvalue weighted by atomic mass is 35.5. The zero-order valence-electron chi connectivity index (χ0n) is 13.8. The van der Waals surface area contributed by atoms with Crippen LogP contribution in [0.4, 0.5) is 4.39 Å². The van der Waals surface area contributed by atoms with Gasteiger partial charge < -0.3 is 0 Å². The number of hydrogen-bond acceptors (Lipinski definition) is 3. The first-order chi connectivity index (χ1) is 12.0. The van der Waals surface area contributed by atoms with E-state index in [0.29, 0.717) is 27.3 Å². The number of pyridine rings is 1. The number of nitrogens with one attached hydrogen (secondary N) is 1. The molecule has 0 radical (unpaired) electrons. The second kappa shape index (κ2) is 6.69. The van der Waals surface area contributed by atoms with E-state index in [4.69, 9.17) is 16.9 Å². The number of imidazole rings is 1. The van der Waals surface area contributed by atoms with Gasteiger partial charge in [0.2, 0.25) is 0 Å². The molecule has 0 aliphatic heterocycles. The van der Waals surface area contributed by atoms with E-state index in [0.717, 1.165) is 12.8 Å². The van der Waals surface area contributed by atoms with Gasteiger partial charge in [0.1, 0.15) is 11.9 Å². The van der Waals surface area contributed by atoms with Crippen LogP contribution in [0.5, 0.6) is 0 Å². The number of nitriles is 1. The largest absolute Gasteiger partial charge is 0.327 e. The summed E-state index contributed by atoms with van der Waals surface area (Å²) in [6.07, 6.45) is 2.95. The predicted octanol–water partition coefficient (Wildman–Crippen LogP) is 4.42. The fraction of sp³-hybridized carbons (Fsp3) is 0.278. The first kappa shape index (κ1) is 17.2. The quantitative estimate of drug-likeness (QED) is 0.750. The smallest absolute Gasteiger partial charge is 0.290 e. The van der Waals surface area contributed by atoms with Gasteiger partial charge in [-0.15, -0.1) is 0 Å². The molecule has 2 aromatic heterocycles. The van der Waals surface area contributed by atoms with Crippen molar-refractivity contribution in [3.63, 3.8) is 0 Å². The van der Waals surface area contributed by atoms with Crippen LogP contribution in [0, 0.1) is 17.1 Å². The van der Waals surface area contributed by atoms with Crippen molar-refractivity contribution in [1.82, 2.24) is 14.5 Å². The van der Waals surface area contributed by atoms with Gasteiger partial charge in [-0.2, -0.15) is 5.26 Å². The van der Waals surface area contributed by atoms with E-state index in [9.17, 15) is 9.18 Å². The average Bonchev–Trinajstić information content (AvgIpc) is 2.92. The lowest BCUT2D eigenvalue weighted by Gasteiger charge is -2.17. The van der Waals surface area contributed by atoms with Gasteiger partial charge in [0, 0.05) is 17.8 Å². The van der Waals surface area contributed by atoms with Crippen molar-refractivity contribution in [2.45, 2.75) is 32.7 Å². The fourth-order valence-electron chi connectivity index (χ4n) is 3.11. The number of H-pyrrole nitrogens is 1. The Morgan fingerprint density at radius 1 is 1.40 bits per heavy atom. The van der Waals surface area contributed by atoms with E-state index in [-0.39, 0.29) is 17.3 Å². The molecule has 3 rings (SSSR count). The van der Waals surface area contributed by atoms with Crippen LogP contribution in [0.25, 0.3) is 22.3 Å². The molecular formula is C18H16ClFN4O. The molecule has 128 valence electrons. The Morgan fingerprint density at radius 3 is 2.72 bits per heavy atom. The molecule has 0 aliphatic carbocycles. The van der Waals surface area contributed by atoms with Crippen LogP contribution in [-0.2, 0) is 0 Å². The van der Waals surface area contributed by atoms with Crippen molar-refractivity contribution in [2.24, 2.45) is 0 Å². The molecule has 0 fully saturated rings. The van der Waals surface area contributed by atoms with Crippen molar-refractivity contribution < 1.29 is 4.39 Å². The molecule has 0 aliphatic rings. The van der Waals surface area contributed by atoms with E-state index in [1.807, 2.05) is 13.8 Å². The van der Waals surface area contributed by atoms with Gasteiger partial charge >= 0.3 is 5.69 Å². The number of nitrogens with zero attached hydrogens (tertiary/aromatic N) is 3. The third-order valence-electron chi connectivity index (χ3n) is 4.38. The Labute approximate surface area is 148 Å². The first-order valence-corrected chi connectivity index (χ1v) is 8.38. The van der Waals surface area contributed by atoms with Gasteiger partial charge in [0.15, 0.2) is 5.65 Å². The maximum absolute atomic E-state index is 14.1. The first-order valence-electron chi connectivity index (χ1n) is 8.00. The van der Waals surface area contributed by atoms with Gasteiger partial charge in [0.25, 0.3) is 0 Å². The molecule has 0 saturated heterocycles. The summed E-state index contributed by atoms with van der Waals surface area (Å²) in [5.74, 6) is -0.631. The van der Waals surface area contributed by atoms with Crippen LogP contribution in [0.15, 0.2) is 29.2 Å². The molecule has 5 nitrogen and oxygen atoms in total. The molecule has 0 atom stereocenters. The molecule has 3 aromatic rings. The zero-order chi connectivity index (χ0) is 18.1. The lowest BCUT2D eigenvalue weighted by atomic mass is 10.0. The monoisotopic (exact) mass is 358 g/mol. The highest BCUT2D eigenvalue weighted by Gasteiger charge is 2.21. The third-order valence-corrected chi connectivity index (χ3v) is 4.66. The summed E-state index contributed by atoms with van der Waals surface area (Å²) in [6.45, 7) is 4.00.